The lowest BCUT2D eigenvalue weighted by Gasteiger charge is -2.01. The molecule has 0 saturated heterocycles. The maximum atomic E-state index is 5.20. The highest BCUT2D eigenvalue weighted by Crippen LogP contribution is 2.10. The van der Waals surface area contributed by atoms with Crippen molar-refractivity contribution < 1.29 is 1.43 Å². The van der Waals surface area contributed by atoms with Crippen LogP contribution in [-0.4, -0.2) is 0 Å². The minimum absolute atomic E-state index is 0. The molecule has 2 heteroatoms. The molecule has 0 fully saturated rings. The molecule has 1 rings (SSSR count). The smallest absolute Gasteiger partial charge is 0.0514 e. The van der Waals surface area contributed by atoms with E-state index >= 15 is 0 Å². The Kier molecular flexibility index (Phi) is 6.11. The number of hydrogen-bond donors (Lipinski definition) is 2. The highest BCUT2D eigenvalue weighted by Gasteiger charge is 1.88. The van der Waals surface area contributed by atoms with Gasteiger partial charge in [-0.2, -0.15) is 0 Å². The van der Waals surface area contributed by atoms with Crippen LogP contribution in [0.1, 0.15) is 27.3 Å². The van der Waals surface area contributed by atoms with Gasteiger partial charge in [0.15, 0.2) is 0 Å². The van der Waals surface area contributed by atoms with E-state index in [1.54, 1.807) is 0 Å². The van der Waals surface area contributed by atoms with Gasteiger partial charge < -0.3 is 5.43 Å². The van der Waals surface area contributed by atoms with Crippen LogP contribution in [-0.2, 0) is 0 Å². The highest BCUT2D eigenvalue weighted by atomic mass is 15.2. The van der Waals surface area contributed by atoms with Crippen molar-refractivity contribution in [2.75, 3.05) is 5.43 Å². The van der Waals surface area contributed by atoms with Crippen LogP contribution in [0, 0.1) is 6.92 Å². The van der Waals surface area contributed by atoms with E-state index in [-0.39, 0.29) is 1.43 Å². The van der Waals surface area contributed by atoms with Crippen molar-refractivity contribution in [2.45, 2.75) is 27.2 Å². The normalized spacial score (nSPS) is 8.33. The second kappa shape index (κ2) is 6.68. The van der Waals surface area contributed by atoms with E-state index in [1.807, 2.05) is 31.2 Å². The largest absolute Gasteiger partial charge is 0.324 e. The van der Waals surface area contributed by atoms with Crippen molar-refractivity contribution in [3.8, 4) is 0 Å². The Morgan fingerprint density at radius 2 is 1.83 bits per heavy atom. The van der Waals surface area contributed by atoms with Crippen LogP contribution in [0.5, 0.6) is 0 Å². The van der Waals surface area contributed by atoms with Crippen molar-refractivity contribution in [3.63, 3.8) is 0 Å². The molecule has 2 nitrogen and oxygen atoms in total. The predicted molar refractivity (Wildman–Crippen MR) is 57.1 cm³/mol. The van der Waals surface area contributed by atoms with Crippen LogP contribution in [0.15, 0.2) is 24.3 Å². The second-order valence-electron chi connectivity index (χ2n) is 2.67. The van der Waals surface area contributed by atoms with E-state index in [4.69, 9.17) is 5.84 Å². The molecule has 0 atom stereocenters. The molecule has 70 valence electrons. The van der Waals surface area contributed by atoms with E-state index in [0.29, 0.717) is 0 Å². The summed E-state index contributed by atoms with van der Waals surface area (Å²) < 4.78 is 0. The maximum absolute atomic E-state index is 5.20. The number of nitrogens with two attached hydrogens (primary N) is 1. The summed E-state index contributed by atoms with van der Waals surface area (Å²) in [6.45, 7) is 6.26. The number of aryl methyl sites for hydroxylation is 1. The molecule has 0 spiro atoms. The minimum Gasteiger partial charge on any atom is -0.324 e. The van der Waals surface area contributed by atoms with E-state index in [9.17, 15) is 0 Å². The van der Waals surface area contributed by atoms with Gasteiger partial charge in [0, 0.05) is 1.43 Å². The lowest BCUT2D eigenvalue weighted by molar-refractivity contribution is 1.09. The van der Waals surface area contributed by atoms with Gasteiger partial charge in [-0.15, -0.1) is 0 Å². The average molecular weight is 168 g/mol. The number of rotatable bonds is 1. The third-order valence-corrected chi connectivity index (χ3v) is 1.30. The first-order chi connectivity index (χ1) is 5.76. The molecule has 12 heavy (non-hydrogen) atoms. The molecular formula is C10H20N2. The summed E-state index contributed by atoms with van der Waals surface area (Å²) >= 11 is 0. The average Bonchev–Trinajstić information content (AvgIpc) is 2.07. The fraction of sp³-hybridized carbons (Fsp3) is 0.400. The van der Waals surface area contributed by atoms with Gasteiger partial charge in [0.25, 0.3) is 0 Å². The van der Waals surface area contributed by atoms with Gasteiger partial charge in [-0.25, -0.2) is 0 Å². The minimum atomic E-state index is 0. The summed E-state index contributed by atoms with van der Waals surface area (Å²) in [7, 11) is 0. The molecule has 0 unspecified atom stereocenters. The molecule has 0 radical (unpaired) electrons. The molecule has 0 aliphatic carbocycles. The Bertz CT molecular complexity index is 214. The quantitative estimate of drug-likeness (QED) is 0.500. The second-order valence-corrected chi connectivity index (χ2v) is 2.67. The standard InChI is InChI=1S/C7H10N2.C3H8.H2/c1-6-4-2-3-5-7(6)9-8;1-3-2;/h2-5,9H,8H2,1H3;3H2,1-2H3;1H. The van der Waals surface area contributed by atoms with E-state index < -0.39 is 0 Å². The zero-order chi connectivity index (χ0) is 9.40. The first kappa shape index (κ1) is 11.0. The Morgan fingerprint density at radius 3 is 2.17 bits per heavy atom. The Hall–Kier alpha value is -1.02. The molecule has 3 N–H and O–H groups in total. The molecular weight excluding hydrogens is 148 g/mol. The highest BCUT2D eigenvalue weighted by molar-refractivity contribution is 5.48. The van der Waals surface area contributed by atoms with Crippen LogP contribution in [0.4, 0.5) is 5.69 Å². The molecule has 0 amide bonds. The first-order valence-electron chi connectivity index (χ1n) is 4.28. The summed E-state index contributed by atoms with van der Waals surface area (Å²) in [4.78, 5) is 0. The third kappa shape index (κ3) is 3.98. The van der Waals surface area contributed by atoms with Gasteiger partial charge >= 0.3 is 0 Å². The first-order valence-corrected chi connectivity index (χ1v) is 4.28. The van der Waals surface area contributed by atoms with E-state index in [1.165, 1.54) is 12.0 Å². The van der Waals surface area contributed by atoms with Gasteiger partial charge in [-0.3, -0.25) is 5.84 Å². The number of hydrazine groups is 1. The van der Waals surface area contributed by atoms with Gasteiger partial charge in [0.2, 0.25) is 0 Å². The van der Waals surface area contributed by atoms with Crippen molar-refractivity contribution in [1.82, 2.24) is 0 Å². The van der Waals surface area contributed by atoms with Crippen molar-refractivity contribution in [2.24, 2.45) is 5.84 Å². The lowest BCUT2D eigenvalue weighted by Crippen LogP contribution is -2.07. The van der Waals surface area contributed by atoms with Crippen LogP contribution < -0.4 is 11.3 Å². The predicted octanol–water partition coefficient (Wildman–Crippen LogP) is 2.94. The molecule has 1 aromatic rings. The molecule has 0 aliphatic rings. The van der Waals surface area contributed by atoms with Crippen molar-refractivity contribution in [1.29, 1.82) is 0 Å². The topological polar surface area (TPSA) is 38.0 Å². The SMILES string of the molecule is CCC.Cc1ccccc1NN.[HH]. The summed E-state index contributed by atoms with van der Waals surface area (Å²) in [5.41, 5.74) is 4.75. The summed E-state index contributed by atoms with van der Waals surface area (Å²) in [6, 6.07) is 7.88. The number of anilines is 1. The fourth-order valence-electron chi connectivity index (χ4n) is 0.735. The molecule has 0 aromatic heterocycles. The zero-order valence-electron chi connectivity index (χ0n) is 8.09. The van der Waals surface area contributed by atoms with Crippen molar-refractivity contribution >= 4 is 5.69 Å². The summed E-state index contributed by atoms with van der Waals surface area (Å²) in [5, 5.41) is 0. The number of benzene rings is 1. The van der Waals surface area contributed by atoms with Gasteiger partial charge in [0.1, 0.15) is 0 Å². The van der Waals surface area contributed by atoms with Crippen LogP contribution >= 0.6 is 0 Å². The van der Waals surface area contributed by atoms with Crippen LogP contribution in [0.25, 0.3) is 0 Å². The van der Waals surface area contributed by atoms with Crippen LogP contribution in [0.3, 0.4) is 0 Å². The molecule has 0 aliphatic heterocycles. The fourth-order valence-corrected chi connectivity index (χ4v) is 0.735. The molecule has 0 bridgehead atoms. The summed E-state index contributed by atoms with van der Waals surface area (Å²) in [6.07, 6.45) is 1.25. The van der Waals surface area contributed by atoms with Crippen molar-refractivity contribution in [3.05, 3.63) is 29.8 Å². The lowest BCUT2D eigenvalue weighted by atomic mass is 10.2. The number of hydrogen-bond acceptors (Lipinski definition) is 2. The third-order valence-electron chi connectivity index (χ3n) is 1.30. The zero-order valence-corrected chi connectivity index (χ0v) is 8.09. The van der Waals surface area contributed by atoms with Gasteiger partial charge in [0.05, 0.1) is 5.69 Å². The molecule has 0 heterocycles. The number of nitrogen functional groups attached to an aromatic ring is 1. The number of para-hydroxylation sites is 1. The molecule has 1 aromatic carbocycles. The monoisotopic (exact) mass is 168 g/mol. The van der Waals surface area contributed by atoms with Gasteiger partial charge in [-0.1, -0.05) is 38.5 Å². The Morgan fingerprint density at radius 1 is 1.33 bits per heavy atom. The van der Waals surface area contributed by atoms with Crippen LogP contribution in [0.2, 0.25) is 0 Å². The molecule has 0 saturated carbocycles. The Balaban J connectivity index is 0. The van der Waals surface area contributed by atoms with Gasteiger partial charge in [-0.05, 0) is 18.6 Å². The van der Waals surface area contributed by atoms with E-state index in [0.717, 1.165) is 5.69 Å². The maximum Gasteiger partial charge on any atom is 0.0514 e. The summed E-state index contributed by atoms with van der Waals surface area (Å²) in [5.74, 6) is 5.20. The van der Waals surface area contributed by atoms with E-state index in [2.05, 4.69) is 19.3 Å². The number of nitrogens with one attached hydrogen (secondary N) is 1. The Labute approximate surface area is 76.2 Å².